The predicted octanol–water partition coefficient (Wildman–Crippen LogP) is 2.67. The average Bonchev–Trinajstić information content (AvgIpc) is 2.93. The van der Waals surface area contributed by atoms with E-state index in [-0.39, 0.29) is 12.1 Å². The van der Waals surface area contributed by atoms with Gasteiger partial charge in [0.2, 0.25) is 0 Å². The summed E-state index contributed by atoms with van der Waals surface area (Å²) in [5.41, 5.74) is 2.69. The van der Waals surface area contributed by atoms with Crippen molar-refractivity contribution in [2.45, 2.75) is 26.3 Å². The number of nitrogens with zero attached hydrogens (tertiary/aromatic N) is 3. The SMILES string of the molecule is CC(C)NC(=O)NCCc1nc2cccnc2n1-c1ccccc1. The van der Waals surface area contributed by atoms with Gasteiger partial charge in [0.05, 0.1) is 0 Å². The lowest BCUT2D eigenvalue weighted by molar-refractivity contribution is 0.238. The number of urea groups is 1. The summed E-state index contributed by atoms with van der Waals surface area (Å²) in [6.45, 7) is 4.37. The molecule has 0 radical (unpaired) electrons. The van der Waals surface area contributed by atoms with Crippen LogP contribution in [0.3, 0.4) is 0 Å². The lowest BCUT2D eigenvalue weighted by atomic mass is 10.3. The summed E-state index contributed by atoms with van der Waals surface area (Å²) in [6, 6.07) is 13.8. The van der Waals surface area contributed by atoms with Gasteiger partial charge in [0, 0.05) is 30.9 Å². The highest BCUT2D eigenvalue weighted by Gasteiger charge is 2.13. The van der Waals surface area contributed by atoms with E-state index in [0.29, 0.717) is 13.0 Å². The van der Waals surface area contributed by atoms with Gasteiger partial charge in [-0.2, -0.15) is 0 Å². The van der Waals surface area contributed by atoms with E-state index in [9.17, 15) is 4.79 Å². The Kier molecular flexibility index (Phi) is 4.74. The number of hydrogen-bond acceptors (Lipinski definition) is 3. The summed E-state index contributed by atoms with van der Waals surface area (Å²) in [4.78, 5) is 20.8. The molecule has 2 heterocycles. The number of aromatic nitrogens is 3. The van der Waals surface area contributed by atoms with Crippen LogP contribution in [0, 0.1) is 0 Å². The van der Waals surface area contributed by atoms with Gasteiger partial charge in [0.15, 0.2) is 5.65 Å². The van der Waals surface area contributed by atoms with Gasteiger partial charge in [-0.05, 0) is 38.1 Å². The summed E-state index contributed by atoms with van der Waals surface area (Å²) in [5, 5.41) is 5.67. The molecule has 2 aromatic heterocycles. The second kappa shape index (κ2) is 7.12. The molecule has 0 aliphatic heterocycles. The Morgan fingerprint density at radius 3 is 2.71 bits per heavy atom. The molecule has 3 rings (SSSR count). The minimum absolute atomic E-state index is 0.114. The fourth-order valence-corrected chi connectivity index (χ4v) is 2.58. The van der Waals surface area contributed by atoms with Crippen LogP contribution in [0.4, 0.5) is 4.79 Å². The molecular formula is C18H21N5O. The number of carbonyl (C=O) groups is 1. The number of amides is 2. The van der Waals surface area contributed by atoms with Gasteiger partial charge in [0.1, 0.15) is 11.3 Å². The van der Waals surface area contributed by atoms with E-state index in [4.69, 9.17) is 0 Å². The molecule has 0 aliphatic carbocycles. The number of para-hydroxylation sites is 1. The second-order valence-corrected chi connectivity index (χ2v) is 5.85. The fourth-order valence-electron chi connectivity index (χ4n) is 2.58. The molecule has 6 nitrogen and oxygen atoms in total. The van der Waals surface area contributed by atoms with E-state index >= 15 is 0 Å². The molecule has 0 atom stereocenters. The van der Waals surface area contributed by atoms with E-state index in [2.05, 4.69) is 20.6 Å². The number of fused-ring (bicyclic) bond motifs is 1. The van der Waals surface area contributed by atoms with Crippen molar-refractivity contribution >= 4 is 17.2 Å². The Labute approximate surface area is 140 Å². The summed E-state index contributed by atoms with van der Waals surface area (Å²) in [7, 11) is 0. The Morgan fingerprint density at radius 1 is 1.17 bits per heavy atom. The lowest BCUT2D eigenvalue weighted by Crippen LogP contribution is -2.40. The number of carbonyl (C=O) groups excluding carboxylic acids is 1. The van der Waals surface area contributed by atoms with Gasteiger partial charge >= 0.3 is 6.03 Å². The second-order valence-electron chi connectivity index (χ2n) is 5.85. The zero-order chi connectivity index (χ0) is 16.9. The van der Waals surface area contributed by atoms with Crippen LogP contribution in [0.15, 0.2) is 48.7 Å². The maximum absolute atomic E-state index is 11.7. The zero-order valence-electron chi connectivity index (χ0n) is 13.9. The standard InChI is InChI=1S/C18H21N5O/c1-13(2)21-18(24)20-12-10-16-22-15-9-6-11-19-17(15)23(16)14-7-4-3-5-8-14/h3-9,11,13H,10,12H2,1-2H3,(H2,20,21,24). The van der Waals surface area contributed by atoms with Gasteiger partial charge in [-0.15, -0.1) is 0 Å². The summed E-state index contributed by atoms with van der Waals surface area (Å²) >= 11 is 0. The third-order valence-corrected chi connectivity index (χ3v) is 3.55. The minimum atomic E-state index is -0.162. The molecular weight excluding hydrogens is 302 g/mol. The van der Waals surface area contributed by atoms with E-state index < -0.39 is 0 Å². The predicted molar refractivity (Wildman–Crippen MR) is 94.2 cm³/mol. The third-order valence-electron chi connectivity index (χ3n) is 3.55. The summed E-state index contributed by atoms with van der Waals surface area (Å²) in [5.74, 6) is 0.875. The maximum atomic E-state index is 11.7. The van der Waals surface area contributed by atoms with E-state index in [1.165, 1.54) is 0 Å². The van der Waals surface area contributed by atoms with E-state index in [0.717, 1.165) is 22.7 Å². The lowest BCUT2D eigenvalue weighted by Gasteiger charge is -2.11. The quantitative estimate of drug-likeness (QED) is 0.758. The van der Waals surface area contributed by atoms with Crippen LogP contribution >= 0.6 is 0 Å². The third kappa shape index (κ3) is 3.53. The molecule has 2 amide bonds. The molecule has 124 valence electrons. The highest BCUT2D eigenvalue weighted by Crippen LogP contribution is 2.19. The Bertz CT molecular complexity index is 826. The number of benzene rings is 1. The number of rotatable bonds is 5. The monoisotopic (exact) mass is 323 g/mol. The van der Waals surface area contributed by atoms with Crippen LogP contribution in [-0.4, -0.2) is 33.2 Å². The average molecular weight is 323 g/mol. The van der Waals surface area contributed by atoms with Crippen molar-refractivity contribution in [3.8, 4) is 5.69 Å². The number of imidazole rings is 1. The molecule has 0 aliphatic rings. The van der Waals surface area contributed by atoms with Crippen molar-refractivity contribution < 1.29 is 4.79 Å². The van der Waals surface area contributed by atoms with Crippen LogP contribution in [0.1, 0.15) is 19.7 Å². The van der Waals surface area contributed by atoms with Crippen molar-refractivity contribution in [1.82, 2.24) is 25.2 Å². The highest BCUT2D eigenvalue weighted by atomic mass is 16.2. The molecule has 0 saturated carbocycles. The van der Waals surface area contributed by atoms with E-state index in [1.807, 2.05) is 60.9 Å². The van der Waals surface area contributed by atoms with Crippen LogP contribution < -0.4 is 10.6 Å². The largest absolute Gasteiger partial charge is 0.338 e. The molecule has 24 heavy (non-hydrogen) atoms. The molecule has 3 aromatic rings. The first-order valence-corrected chi connectivity index (χ1v) is 8.07. The van der Waals surface area contributed by atoms with Crippen molar-refractivity contribution in [3.63, 3.8) is 0 Å². The molecule has 0 bridgehead atoms. The number of pyridine rings is 1. The smallest absolute Gasteiger partial charge is 0.314 e. The van der Waals surface area contributed by atoms with Crippen molar-refractivity contribution in [2.24, 2.45) is 0 Å². The summed E-state index contributed by atoms with van der Waals surface area (Å²) in [6.07, 6.45) is 2.39. The molecule has 2 N–H and O–H groups in total. The van der Waals surface area contributed by atoms with Gasteiger partial charge in [-0.1, -0.05) is 18.2 Å². The van der Waals surface area contributed by atoms with Crippen molar-refractivity contribution in [1.29, 1.82) is 0 Å². The zero-order valence-corrected chi connectivity index (χ0v) is 13.9. The van der Waals surface area contributed by atoms with Gasteiger partial charge in [-0.3, -0.25) is 4.57 Å². The van der Waals surface area contributed by atoms with Gasteiger partial charge < -0.3 is 10.6 Å². The first-order chi connectivity index (χ1) is 11.6. The minimum Gasteiger partial charge on any atom is -0.338 e. The first-order valence-electron chi connectivity index (χ1n) is 8.07. The van der Waals surface area contributed by atoms with Gasteiger partial charge in [-0.25, -0.2) is 14.8 Å². The fraction of sp³-hybridized carbons (Fsp3) is 0.278. The first kappa shape index (κ1) is 16.0. The molecule has 0 fully saturated rings. The Balaban J connectivity index is 1.84. The van der Waals surface area contributed by atoms with Crippen LogP contribution in [-0.2, 0) is 6.42 Å². The molecule has 0 saturated heterocycles. The topological polar surface area (TPSA) is 71.8 Å². The molecule has 6 heteroatoms. The van der Waals surface area contributed by atoms with Gasteiger partial charge in [0.25, 0.3) is 0 Å². The number of nitrogens with one attached hydrogen (secondary N) is 2. The molecule has 0 spiro atoms. The van der Waals surface area contributed by atoms with Crippen LogP contribution in [0.25, 0.3) is 16.9 Å². The molecule has 0 unspecified atom stereocenters. The van der Waals surface area contributed by atoms with Crippen molar-refractivity contribution in [2.75, 3.05) is 6.54 Å². The Morgan fingerprint density at radius 2 is 1.96 bits per heavy atom. The maximum Gasteiger partial charge on any atom is 0.314 e. The van der Waals surface area contributed by atoms with E-state index in [1.54, 1.807) is 6.20 Å². The normalized spacial score (nSPS) is 11.0. The number of hydrogen-bond donors (Lipinski definition) is 2. The van der Waals surface area contributed by atoms with Crippen molar-refractivity contribution in [3.05, 3.63) is 54.5 Å². The Hall–Kier alpha value is -2.89. The van der Waals surface area contributed by atoms with Crippen LogP contribution in [0.2, 0.25) is 0 Å². The summed E-state index contributed by atoms with van der Waals surface area (Å²) < 4.78 is 2.04. The highest BCUT2D eigenvalue weighted by molar-refractivity contribution is 5.75. The molecule has 1 aromatic carbocycles. The van der Waals surface area contributed by atoms with Crippen LogP contribution in [0.5, 0.6) is 0 Å².